The molecule has 3 atom stereocenters. The molecule has 2 aromatic carbocycles. The number of halogens is 2. The van der Waals surface area contributed by atoms with E-state index in [2.05, 4.69) is 0 Å². The summed E-state index contributed by atoms with van der Waals surface area (Å²) in [6.45, 7) is 3.94. The monoisotopic (exact) mass is 481 g/mol. The molecule has 2 aliphatic rings. The van der Waals surface area contributed by atoms with E-state index in [1.165, 1.54) is 12.1 Å². The number of piperidine rings is 1. The molecule has 3 aromatic rings. The van der Waals surface area contributed by atoms with Gasteiger partial charge < -0.3 is 19.9 Å². The average molecular weight is 482 g/mol. The number of nitrogens with two attached hydrogens (primary N) is 1. The van der Waals surface area contributed by atoms with E-state index in [-0.39, 0.29) is 29.5 Å². The zero-order chi connectivity index (χ0) is 24.7. The highest BCUT2D eigenvalue weighted by Crippen LogP contribution is 2.46. The second-order valence-electron chi connectivity index (χ2n) is 10.0. The molecule has 1 saturated carbocycles. The number of aromatic nitrogens is 1. The number of ether oxygens (including phenoxy) is 1. The number of hydrogen-bond acceptors (Lipinski definition) is 3. The van der Waals surface area contributed by atoms with Crippen molar-refractivity contribution in [1.82, 2.24) is 9.47 Å². The van der Waals surface area contributed by atoms with Crippen LogP contribution in [-0.2, 0) is 17.8 Å². The molecule has 2 heterocycles. The minimum Gasteiger partial charge on any atom is -0.383 e. The third-order valence-corrected chi connectivity index (χ3v) is 7.97. The number of carbonyl (C=O) groups is 1. The molecule has 35 heavy (non-hydrogen) atoms. The smallest absolute Gasteiger partial charge is 0.256 e. The lowest BCUT2D eigenvalue weighted by Gasteiger charge is -2.37. The molecule has 5 nitrogen and oxygen atoms in total. The Bertz CT molecular complexity index is 1250. The number of nitrogens with zero attached hydrogens (tertiary/aromatic N) is 2. The highest BCUT2D eigenvalue weighted by atomic mass is 19.1. The van der Waals surface area contributed by atoms with Crippen LogP contribution in [0.15, 0.2) is 36.5 Å². The molecular formula is C28H33F2N3O2. The van der Waals surface area contributed by atoms with Crippen LogP contribution in [0.3, 0.4) is 0 Å². The number of rotatable bonds is 6. The van der Waals surface area contributed by atoms with Crippen LogP contribution in [-0.4, -0.2) is 41.7 Å². The SMILES string of the molecule is COCCn1cc(C(=O)N2CCCC3CC(c4cc(CN)ccc4F)CC32)c2c(F)ccc(C)c21. The van der Waals surface area contributed by atoms with E-state index in [0.29, 0.717) is 55.1 Å². The number of carbonyl (C=O) groups excluding carboxylic acids is 1. The van der Waals surface area contributed by atoms with Crippen LogP contribution in [0.4, 0.5) is 8.78 Å². The first-order chi connectivity index (χ1) is 16.9. The quantitative estimate of drug-likeness (QED) is 0.531. The van der Waals surface area contributed by atoms with Crippen molar-refractivity contribution in [1.29, 1.82) is 0 Å². The maximum absolute atomic E-state index is 15.1. The predicted octanol–water partition coefficient (Wildman–Crippen LogP) is 5.13. The molecule has 0 radical (unpaired) electrons. The fourth-order valence-electron chi connectivity index (χ4n) is 6.29. The Labute approximate surface area is 204 Å². The van der Waals surface area contributed by atoms with Crippen LogP contribution in [0.5, 0.6) is 0 Å². The summed E-state index contributed by atoms with van der Waals surface area (Å²) in [4.78, 5) is 15.9. The van der Waals surface area contributed by atoms with Gasteiger partial charge in [-0.25, -0.2) is 8.78 Å². The van der Waals surface area contributed by atoms with Crippen molar-refractivity contribution in [3.63, 3.8) is 0 Å². The van der Waals surface area contributed by atoms with Gasteiger partial charge in [0.05, 0.1) is 17.7 Å². The largest absolute Gasteiger partial charge is 0.383 e. The number of benzene rings is 2. The van der Waals surface area contributed by atoms with Crippen molar-refractivity contribution >= 4 is 16.8 Å². The lowest BCUT2D eigenvalue weighted by atomic mass is 9.90. The van der Waals surface area contributed by atoms with Gasteiger partial charge in [-0.05, 0) is 73.3 Å². The van der Waals surface area contributed by atoms with Crippen molar-refractivity contribution in [2.75, 3.05) is 20.3 Å². The molecule has 0 bridgehead atoms. The van der Waals surface area contributed by atoms with Crippen molar-refractivity contribution in [3.05, 3.63) is 70.4 Å². The molecule has 5 rings (SSSR count). The van der Waals surface area contributed by atoms with Gasteiger partial charge in [-0.3, -0.25) is 4.79 Å². The number of amides is 1. The molecule has 1 aromatic heterocycles. The molecular weight excluding hydrogens is 448 g/mol. The lowest BCUT2D eigenvalue weighted by molar-refractivity contribution is 0.0549. The molecule has 1 saturated heterocycles. The van der Waals surface area contributed by atoms with Crippen molar-refractivity contribution in [2.45, 2.75) is 57.7 Å². The van der Waals surface area contributed by atoms with Crippen LogP contribution in [0.2, 0.25) is 0 Å². The van der Waals surface area contributed by atoms with E-state index in [1.807, 2.05) is 22.5 Å². The van der Waals surface area contributed by atoms with Gasteiger partial charge in [0.15, 0.2) is 0 Å². The summed E-state index contributed by atoms with van der Waals surface area (Å²) in [5, 5.41) is 0.379. The van der Waals surface area contributed by atoms with Crippen molar-refractivity contribution < 1.29 is 18.3 Å². The Morgan fingerprint density at radius 2 is 1.97 bits per heavy atom. The molecule has 0 spiro atoms. The minimum atomic E-state index is -0.386. The minimum absolute atomic E-state index is 0.0208. The zero-order valence-electron chi connectivity index (χ0n) is 20.4. The molecule has 1 amide bonds. The predicted molar refractivity (Wildman–Crippen MR) is 132 cm³/mol. The first-order valence-corrected chi connectivity index (χ1v) is 12.5. The fraction of sp³-hybridized carbons (Fsp3) is 0.464. The van der Waals surface area contributed by atoms with E-state index in [0.717, 1.165) is 35.9 Å². The zero-order valence-corrected chi connectivity index (χ0v) is 20.4. The van der Waals surface area contributed by atoms with E-state index in [4.69, 9.17) is 10.5 Å². The lowest BCUT2D eigenvalue weighted by Crippen LogP contribution is -2.46. The topological polar surface area (TPSA) is 60.5 Å². The summed E-state index contributed by atoms with van der Waals surface area (Å²) in [6, 6.07) is 8.32. The van der Waals surface area contributed by atoms with Gasteiger partial charge in [-0.15, -0.1) is 0 Å². The van der Waals surface area contributed by atoms with Crippen molar-refractivity contribution in [3.8, 4) is 0 Å². The average Bonchev–Trinajstić information content (AvgIpc) is 3.47. The molecule has 2 fully saturated rings. The molecule has 1 aliphatic carbocycles. The number of likely N-dealkylation sites (tertiary alicyclic amines) is 1. The van der Waals surface area contributed by atoms with Gasteiger partial charge in [0.2, 0.25) is 0 Å². The van der Waals surface area contributed by atoms with E-state index in [9.17, 15) is 9.18 Å². The number of methoxy groups -OCH3 is 1. The van der Waals surface area contributed by atoms with Crippen molar-refractivity contribution in [2.24, 2.45) is 11.7 Å². The highest BCUT2D eigenvalue weighted by Gasteiger charge is 2.43. The van der Waals surface area contributed by atoms with Crippen LogP contribution in [0, 0.1) is 24.5 Å². The van der Waals surface area contributed by atoms with Gasteiger partial charge in [0.25, 0.3) is 5.91 Å². The maximum Gasteiger partial charge on any atom is 0.256 e. The van der Waals surface area contributed by atoms with Crippen LogP contribution in [0.1, 0.15) is 58.6 Å². The number of fused-ring (bicyclic) bond motifs is 2. The highest BCUT2D eigenvalue weighted by molar-refractivity contribution is 6.08. The van der Waals surface area contributed by atoms with Gasteiger partial charge in [-0.2, -0.15) is 0 Å². The number of aryl methyl sites for hydroxylation is 1. The Morgan fingerprint density at radius 1 is 1.17 bits per heavy atom. The van der Waals surface area contributed by atoms with Crippen LogP contribution >= 0.6 is 0 Å². The first-order valence-electron chi connectivity index (χ1n) is 12.5. The van der Waals surface area contributed by atoms with E-state index >= 15 is 4.39 Å². The summed E-state index contributed by atoms with van der Waals surface area (Å²) in [7, 11) is 1.63. The van der Waals surface area contributed by atoms with Gasteiger partial charge in [-0.1, -0.05) is 18.2 Å². The summed E-state index contributed by atoms with van der Waals surface area (Å²) in [5.74, 6) is -0.368. The van der Waals surface area contributed by atoms with Crippen LogP contribution in [0.25, 0.3) is 10.9 Å². The van der Waals surface area contributed by atoms with Gasteiger partial charge in [0, 0.05) is 44.4 Å². The molecule has 1 aliphatic heterocycles. The summed E-state index contributed by atoms with van der Waals surface area (Å²) >= 11 is 0. The van der Waals surface area contributed by atoms with Gasteiger partial charge >= 0.3 is 0 Å². The van der Waals surface area contributed by atoms with E-state index < -0.39 is 0 Å². The molecule has 2 N–H and O–H groups in total. The summed E-state index contributed by atoms with van der Waals surface area (Å²) < 4.78 is 37.0. The second kappa shape index (κ2) is 9.70. The summed E-state index contributed by atoms with van der Waals surface area (Å²) in [5.41, 5.74) is 9.47. The number of hydrogen-bond donors (Lipinski definition) is 1. The summed E-state index contributed by atoms with van der Waals surface area (Å²) in [6.07, 6.45) is 5.26. The fourth-order valence-corrected chi connectivity index (χ4v) is 6.29. The van der Waals surface area contributed by atoms with Gasteiger partial charge in [0.1, 0.15) is 11.6 Å². The first kappa shape index (κ1) is 23.9. The maximum atomic E-state index is 15.1. The third kappa shape index (κ3) is 4.25. The normalized spacial score (nSPS) is 22.1. The molecule has 186 valence electrons. The molecule has 3 unspecified atom stereocenters. The van der Waals surface area contributed by atoms with E-state index in [1.54, 1.807) is 25.4 Å². The Balaban J connectivity index is 1.48. The Hall–Kier alpha value is -2.77. The standard InChI is InChI=1S/C28H33F2N3O2/c1-17-5-7-24(30)26-22(16-32(27(17)26)10-11-35-2)28(34)33-9-3-4-19-13-20(14-25(19)33)21-12-18(15-31)6-8-23(21)29/h5-8,12,16,19-20,25H,3-4,9-11,13-15,31H2,1-2H3. The van der Waals surface area contributed by atoms with Crippen LogP contribution < -0.4 is 5.73 Å². The Kier molecular flexibility index (Phi) is 6.64. The molecule has 7 heteroatoms. The Morgan fingerprint density at radius 3 is 2.74 bits per heavy atom. The second-order valence-corrected chi connectivity index (χ2v) is 10.0. The third-order valence-electron chi connectivity index (χ3n) is 7.97.